The number of thioether (sulfide) groups is 1. The second-order valence-electron chi connectivity index (χ2n) is 4.94. The number of rotatable bonds is 7. The van der Waals surface area contributed by atoms with Crippen molar-refractivity contribution in [3.63, 3.8) is 0 Å². The largest absolute Gasteiger partial charge is 0.452 e. The lowest BCUT2D eigenvalue weighted by molar-refractivity contribution is -0.153. The number of imide groups is 1. The summed E-state index contributed by atoms with van der Waals surface area (Å²) >= 11 is 0.999. The van der Waals surface area contributed by atoms with Crippen molar-refractivity contribution in [1.29, 1.82) is 0 Å². The van der Waals surface area contributed by atoms with Gasteiger partial charge in [0.25, 0.3) is 5.91 Å². The van der Waals surface area contributed by atoms with Gasteiger partial charge in [-0.2, -0.15) is 0 Å². The van der Waals surface area contributed by atoms with E-state index < -0.39 is 35.1 Å². The van der Waals surface area contributed by atoms with Crippen molar-refractivity contribution in [2.75, 3.05) is 11.1 Å². The minimum absolute atomic E-state index is 0.0461. The third-order valence-corrected chi connectivity index (χ3v) is 3.95. The van der Waals surface area contributed by atoms with Gasteiger partial charge in [0.1, 0.15) is 11.1 Å². The molecular formula is C15H18FN3O5S. The van der Waals surface area contributed by atoms with Gasteiger partial charge < -0.3 is 15.8 Å². The number of esters is 1. The van der Waals surface area contributed by atoms with Crippen LogP contribution in [0.3, 0.4) is 0 Å². The Hall–Kier alpha value is -2.62. The Kier molecular flexibility index (Phi) is 7.86. The summed E-state index contributed by atoms with van der Waals surface area (Å²) < 4.78 is 17.7. The van der Waals surface area contributed by atoms with Gasteiger partial charge in [-0.15, -0.1) is 11.8 Å². The van der Waals surface area contributed by atoms with Crippen molar-refractivity contribution < 1.29 is 28.3 Å². The number of urea groups is 1. The summed E-state index contributed by atoms with van der Waals surface area (Å²) in [6, 6.07) is 4.19. The van der Waals surface area contributed by atoms with Crippen LogP contribution in [0.5, 0.6) is 0 Å². The zero-order valence-corrected chi connectivity index (χ0v) is 14.4. The molecule has 0 radical (unpaired) electrons. The number of ether oxygens (including phenoxy) is 1. The van der Waals surface area contributed by atoms with Gasteiger partial charge in [0.05, 0.1) is 5.75 Å². The third kappa shape index (κ3) is 7.66. The molecule has 0 bridgehead atoms. The average Bonchev–Trinajstić information content (AvgIpc) is 2.54. The molecule has 0 aliphatic rings. The quantitative estimate of drug-likeness (QED) is 0.614. The molecule has 0 fully saturated rings. The predicted molar refractivity (Wildman–Crippen MR) is 90.2 cm³/mol. The molecule has 1 rings (SSSR count). The summed E-state index contributed by atoms with van der Waals surface area (Å²) in [6.07, 6.45) is -1.20. The fraction of sp³-hybridized carbons (Fsp3) is 0.333. The molecule has 0 aromatic heterocycles. The van der Waals surface area contributed by atoms with Crippen molar-refractivity contribution in [2.24, 2.45) is 5.73 Å². The molecule has 4 amide bonds. The molecule has 4 N–H and O–H groups in total. The number of hydrogen-bond acceptors (Lipinski definition) is 6. The number of benzene rings is 1. The molecule has 10 heteroatoms. The van der Waals surface area contributed by atoms with Crippen LogP contribution in [-0.4, -0.2) is 40.9 Å². The summed E-state index contributed by atoms with van der Waals surface area (Å²) in [5.74, 6) is -2.40. The third-order valence-electron chi connectivity index (χ3n) is 2.83. The van der Waals surface area contributed by atoms with Crippen LogP contribution in [0.2, 0.25) is 0 Å². The smallest absolute Gasteiger partial charge is 0.319 e. The maximum atomic E-state index is 12.8. The van der Waals surface area contributed by atoms with Crippen LogP contribution in [0.1, 0.15) is 13.8 Å². The van der Waals surface area contributed by atoms with E-state index in [1.54, 1.807) is 5.32 Å². The molecular weight excluding hydrogens is 353 g/mol. The monoisotopic (exact) mass is 371 g/mol. The van der Waals surface area contributed by atoms with Crippen molar-refractivity contribution in [1.82, 2.24) is 5.32 Å². The van der Waals surface area contributed by atoms with Gasteiger partial charge in [-0.05, 0) is 38.1 Å². The van der Waals surface area contributed by atoms with Crippen LogP contribution >= 0.6 is 11.8 Å². The molecule has 0 heterocycles. The van der Waals surface area contributed by atoms with Crippen LogP contribution < -0.4 is 16.4 Å². The lowest BCUT2D eigenvalue weighted by Crippen LogP contribution is -2.42. The molecule has 8 nitrogen and oxygen atoms in total. The summed E-state index contributed by atoms with van der Waals surface area (Å²) in [5.41, 5.74) is 5.22. The van der Waals surface area contributed by atoms with Crippen molar-refractivity contribution in [3.05, 3.63) is 30.1 Å². The maximum absolute atomic E-state index is 12.8. The summed E-state index contributed by atoms with van der Waals surface area (Å²) in [5, 5.41) is 3.62. The Morgan fingerprint density at radius 2 is 1.80 bits per heavy atom. The first kappa shape index (κ1) is 20.4. The Labute approximate surface area is 147 Å². The minimum Gasteiger partial charge on any atom is -0.452 e. The normalized spacial score (nSPS) is 12.6. The molecule has 0 saturated heterocycles. The predicted octanol–water partition coefficient (Wildman–Crippen LogP) is 1.01. The van der Waals surface area contributed by atoms with Crippen molar-refractivity contribution in [3.8, 4) is 0 Å². The second-order valence-corrected chi connectivity index (χ2v) is 6.27. The highest BCUT2D eigenvalue weighted by molar-refractivity contribution is 8.01. The van der Waals surface area contributed by atoms with Crippen LogP contribution in [0.25, 0.3) is 0 Å². The zero-order chi connectivity index (χ0) is 19.0. The fourth-order valence-electron chi connectivity index (χ4n) is 1.55. The number of halogens is 1. The first-order valence-corrected chi connectivity index (χ1v) is 8.21. The molecule has 0 aliphatic carbocycles. The maximum Gasteiger partial charge on any atom is 0.319 e. The number of nitrogens with two attached hydrogens (primary N) is 1. The molecule has 2 atom stereocenters. The molecule has 1 aromatic rings. The van der Waals surface area contributed by atoms with Crippen LogP contribution in [-0.2, 0) is 19.1 Å². The van der Waals surface area contributed by atoms with Gasteiger partial charge in [0.15, 0.2) is 6.10 Å². The summed E-state index contributed by atoms with van der Waals surface area (Å²) in [4.78, 5) is 45.6. The van der Waals surface area contributed by atoms with E-state index in [0.29, 0.717) is 5.69 Å². The number of hydrogen-bond donors (Lipinski definition) is 3. The number of carbonyl (C=O) groups is 4. The fourth-order valence-corrected chi connectivity index (χ4v) is 2.21. The first-order valence-electron chi connectivity index (χ1n) is 7.17. The standard InChI is InChI=1S/C15H18FN3O5S/c1-8(13(21)19-15(17)23)24-14(22)9(2)25-7-12(20)18-11-5-3-10(16)4-6-11/h3-6,8-9H,7H2,1-2H3,(H,18,20)(H3,17,19,21,23)/t8-,9-/m0/s1. The van der Waals surface area contributed by atoms with Crippen LogP contribution in [0, 0.1) is 5.82 Å². The summed E-state index contributed by atoms with van der Waals surface area (Å²) in [6.45, 7) is 2.80. The van der Waals surface area contributed by atoms with E-state index in [1.807, 2.05) is 0 Å². The molecule has 0 unspecified atom stereocenters. The molecule has 0 aliphatic heterocycles. The average molecular weight is 371 g/mol. The van der Waals surface area contributed by atoms with Gasteiger partial charge in [-0.25, -0.2) is 9.18 Å². The van der Waals surface area contributed by atoms with E-state index in [2.05, 4.69) is 5.32 Å². The molecule has 1 aromatic carbocycles. The molecule has 0 spiro atoms. The second kappa shape index (κ2) is 9.62. The van der Waals surface area contributed by atoms with Gasteiger partial charge in [0.2, 0.25) is 5.91 Å². The SMILES string of the molecule is C[C@H](OC(=O)[C@H](C)SCC(=O)Nc1ccc(F)cc1)C(=O)NC(N)=O. The number of nitrogens with one attached hydrogen (secondary N) is 2. The minimum atomic E-state index is -1.20. The molecule has 0 saturated carbocycles. The molecule has 25 heavy (non-hydrogen) atoms. The first-order chi connectivity index (χ1) is 11.7. The van der Waals surface area contributed by atoms with E-state index in [4.69, 9.17) is 10.5 Å². The number of carbonyl (C=O) groups excluding carboxylic acids is 4. The van der Waals surface area contributed by atoms with E-state index in [0.717, 1.165) is 11.8 Å². The number of anilines is 1. The van der Waals surface area contributed by atoms with Gasteiger partial charge in [-0.1, -0.05) is 0 Å². The lowest BCUT2D eigenvalue weighted by atomic mass is 10.3. The van der Waals surface area contributed by atoms with Gasteiger partial charge in [-0.3, -0.25) is 19.7 Å². The van der Waals surface area contributed by atoms with Gasteiger partial charge in [0, 0.05) is 5.69 Å². The summed E-state index contributed by atoms with van der Waals surface area (Å²) in [7, 11) is 0. The van der Waals surface area contributed by atoms with Crippen LogP contribution in [0.15, 0.2) is 24.3 Å². The lowest BCUT2D eigenvalue weighted by Gasteiger charge is -2.15. The number of amides is 4. The molecule has 136 valence electrons. The van der Waals surface area contributed by atoms with E-state index in [1.165, 1.54) is 38.1 Å². The van der Waals surface area contributed by atoms with E-state index in [9.17, 15) is 23.6 Å². The zero-order valence-electron chi connectivity index (χ0n) is 13.6. The van der Waals surface area contributed by atoms with Gasteiger partial charge >= 0.3 is 12.0 Å². The van der Waals surface area contributed by atoms with E-state index >= 15 is 0 Å². The Balaban J connectivity index is 2.39. The Bertz CT molecular complexity index is 653. The Morgan fingerprint density at radius 3 is 2.36 bits per heavy atom. The number of primary amides is 1. The van der Waals surface area contributed by atoms with Crippen molar-refractivity contribution in [2.45, 2.75) is 25.2 Å². The van der Waals surface area contributed by atoms with Crippen LogP contribution in [0.4, 0.5) is 14.9 Å². The highest BCUT2D eigenvalue weighted by Gasteiger charge is 2.23. The topological polar surface area (TPSA) is 128 Å². The van der Waals surface area contributed by atoms with Crippen molar-refractivity contribution >= 4 is 41.3 Å². The highest BCUT2D eigenvalue weighted by Crippen LogP contribution is 2.15. The Morgan fingerprint density at radius 1 is 1.20 bits per heavy atom. The highest BCUT2D eigenvalue weighted by atomic mass is 32.2. The van der Waals surface area contributed by atoms with E-state index in [-0.39, 0.29) is 11.7 Å².